The minimum absolute atomic E-state index is 0.0174. The van der Waals surface area contributed by atoms with Gasteiger partial charge in [-0.15, -0.1) is 0 Å². The van der Waals surface area contributed by atoms with E-state index >= 15 is 0 Å². The second-order valence-corrected chi connectivity index (χ2v) is 4.51. The first kappa shape index (κ1) is 13.4. The smallest absolute Gasteiger partial charge is 0.259 e. The lowest BCUT2D eigenvalue weighted by molar-refractivity contribution is 0.102. The van der Waals surface area contributed by atoms with Crippen LogP contribution >= 0.6 is 11.6 Å². The number of benzene rings is 2. The lowest BCUT2D eigenvalue weighted by Crippen LogP contribution is -2.12. The van der Waals surface area contributed by atoms with Gasteiger partial charge in [0.15, 0.2) is 0 Å². The summed E-state index contributed by atoms with van der Waals surface area (Å²) in [5.74, 6) is -1.25. The fraction of sp³-hybridized carbons (Fsp3) is 0.0714. The van der Waals surface area contributed by atoms with Crippen molar-refractivity contribution in [2.75, 3.05) is 5.32 Å². The first-order chi connectivity index (χ1) is 8.97. The van der Waals surface area contributed by atoms with Crippen LogP contribution in [0.3, 0.4) is 0 Å². The van der Waals surface area contributed by atoms with E-state index in [2.05, 4.69) is 5.32 Å². The molecule has 0 saturated heterocycles. The lowest BCUT2D eigenvalue weighted by Gasteiger charge is -2.08. The zero-order valence-corrected chi connectivity index (χ0v) is 10.8. The molecule has 5 heteroatoms. The van der Waals surface area contributed by atoms with Gasteiger partial charge in [0.25, 0.3) is 5.91 Å². The highest BCUT2D eigenvalue weighted by Gasteiger charge is 2.12. The molecule has 0 radical (unpaired) electrons. The maximum absolute atomic E-state index is 13.2. The van der Waals surface area contributed by atoms with E-state index in [1.165, 1.54) is 24.3 Å². The summed E-state index contributed by atoms with van der Waals surface area (Å²) in [4.78, 5) is 11.9. The Kier molecular flexibility index (Phi) is 3.71. The Balaban J connectivity index is 2.23. The molecule has 2 aromatic carbocycles. The number of rotatable bonds is 2. The van der Waals surface area contributed by atoms with Crippen LogP contribution in [0.15, 0.2) is 36.4 Å². The van der Waals surface area contributed by atoms with Crippen LogP contribution < -0.4 is 5.32 Å². The van der Waals surface area contributed by atoms with Gasteiger partial charge >= 0.3 is 0 Å². The number of carbonyl (C=O) groups is 1. The molecule has 1 amide bonds. The van der Waals surface area contributed by atoms with Gasteiger partial charge < -0.3 is 10.4 Å². The van der Waals surface area contributed by atoms with Crippen molar-refractivity contribution in [3.63, 3.8) is 0 Å². The number of hydrogen-bond acceptors (Lipinski definition) is 2. The average Bonchev–Trinajstić information content (AvgIpc) is 2.33. The topological polar surface area (TPSA) is 49.3 Å². The Labute approximate surface area is 114 Å². The molecule has 3 nitrogen and oxygen atoms in total. The van der Waals surface area contributed by atoms with E-state index in [0.29, 0.717) is 0 Å². The minimum Gasteiger partial charge on any atom is -0.507 e. The van der Waals surface area contributed by atoms with Gasteiger partial charge in [0, 0.05) is 5.69 Å². The fourth-order valence-corrected chi connectivity index (χ4v) is 1.72. The van der Waals surface area contributed by atoms with Crippen LogP contribution in [0, 0.1) is 12.7 Å². The Bertz CT molecular complexity index is 643. The van der Waals surface area contributed by atoms with Crippen LogP contribution in [-0.4, -0.2) is 11.0 Å². The van der Waals surface area contributed by atoms with E-state index in [0.717, 1.165) is 11.6 Å². The van der Waals surface area contributed by atoms with Crippen molar-refractivity contribution < 1.29 is 14.3 Å². The zero-order chi connectivity index (χ0) is 14.0. The Morgan fingerprint density at radius 1 is 1.26 bits per heavy atom. The Morgan fingerprint density at radius 3 is 2.63 bits per heavy atom. The van der Waals surface area contributed by atoms with Crippen molar-refractivity contribution in [1.29, 1.82) is 0 Å². The number of hydrogen-bond donors (Lipinski definition) is 2. The summed E-state index contributed by atoms with van der Waals surface area (Å²) in [6.45, 7) is 1.80. The maximum Gasteiger partial charge on any atom is 0.259 e. The van der Waals surface area contributed by atoms with E-state index in [1.807, 2.05) is 0 Å². The van der Waals surface area contributed by atoms with Gasteiger partial charge in [0.05, 0.1) is 10.6 Å². The summed E-state index contributed by atoms with van der Waals surface area (Å²) in [6.07, 6.45) is 0. The predicted molar refractivity (Wildman–Crippen MR) is 72.2 cm³/mol. The Morgan fingerprint density at radius 2 is 2.00 bits per heavy atom. The first-order valence-electron chi connectivity index (χ1n) is 5.53. The number of aryl methyl sites for hydroxylation is 1. The molecule has 0 aromatic heterocycles. The summed E-state index contributed by atoms with van der Waals surface area (Å²) in [5, 5.41) is 12.2. The van der Waals surface area contributed by atoms with E-state index in [1.54, 1.807) is 13.0 Å². The average molecular weight is 280 g/mol. The molecule has 0 aliphatic carbocycles. The molecule has 0 heterocycles. The molecular formula is C14H11ClFNO2. The van der Waals surface area contributed by atoms with Crippen molar-refractivity contribution in [2.45, 2.75) is 6.92 Å². The van der Waals surface area contributed by atoms with Crippen LogP contribution in [0.1, 0.15) is 15.9 Å². The second-order valence-electron chi connectivity index (χ2n) is 4.10. The Hall–Kier alpha value is -2.07. The van der Waals surface area contributed by atoms with Gasteiger partial charge in [-0.05, 0) is 42.8 Å². The molecule has 0 unspecified atom stereocenters. The number of amides is 1. The van der Waals surface area contributed by atoms with Crippen LogP contribution in [0.5, 0.6) is 5.75 Å². The quantitative estimate of drug-likeness (QED) is 0.880. The van der Waals surface area contributed by atoms with Crippen molar-refractivity contribution in [1.82, 2.24) is 0 Å². The van der Waals surface area contributed by atoms with E-state index < -0.39 is 11.7 Å². The molecule has 19 heavy (non-hydrogen) atoms. The molecule has 0 fully saturated rings. The van der Waals surface area contributed by atoms with Gasteiger partial charge in [-0.3, -0.25) is 4.79 Å². The molecular weight excluding hydrogens is 269 g/mol. The number of carbonyl (C=O) groups excluding carboxylic acids is 1. The molecule has 98 valence electrons. The first-order valence-corrected chi connectivity index (χ1v) is 5.91. The van der Waals surface area contributed by atoms with Crippen LogP contribution in [0.2, 0.25) is 5.02 Å². The molecule has 2 N–H and O–H groups in total. The van der Waals surface area contributed by atoms with Crippen molar-refractivity contribution in [3.05, 3.63) is 58.4 Å². The molecule has 0 atom stereocenters. The second kappa shape index (κ2) is 5.28. The normalized spacial score (nSPS) is 10.3. The SMILES string of the molecule is Cc1ccc(C(=O)Nc2ccc(Cl)c(F)c2)c(O)c1. The largest absolute Gasteiger partial charge is 0.507 e. The third-order valence-corrected chi connectivity index (χ3v) is 2.88. The highest BCUT2D eigenvalue weighted by Crippen LogP contribution is 2.22. The van der Waals surface area contributed by atoms with Gasteiger partial charge in [-0.25, -0.2) is 4.39 Å². The summed E-state index contributed by atoms with van der Waals surface area (Å²) in [6, 6.07) is 8.64. The highest BCUT2D eigenvalue weighted by molar-refractivity contribution is 6.30. The third-order valence-electron chi connectivity index (χ3n) is 2.58. The number of phenolic OH excluding ortho intramolecular Hbond substituents is 1. The summed E-state index contributed by atoms with van der Waals surface area (Å²) in [5.41, 5.74) is 1.24. The van der Waals surface area contributed by atoms with Gasteiger partial charge in [-0.2, -0.15) is 0 Å². The number of anilines is 1. The molecule has 2 aromatic rings. The maximum atomic E-state index is 13.2. The monoisotopic (exact) mass is 279 g/mol. The minimum atomic E-state index is -0.618. The number of halogens is 2. The lowest BCUT2D eigenvalue weighted by atomic mass is 10.1. The molecule has 2 rings (SSSR count). The number of aromatic hydroxyl groups is 1. The highest BCUT2D eigenvalue weighted by atomic mass is 35.5. The summed E-state index contributed by atoms with van der Waals surface area (Å²) < 4.78 is 13.2. The van der Waals surface area contributed by atoms with E-state index in [9.17, 15) is 14.3 Å². The van der Waals surface area contributed by atoms with Gasteiger partial charge in [0.1, 0.15) is 11.6 Å². The standard InChI is InChI=1S/C14H11ClFNO2/c1-8-2-4-10(13(18)6-8)14(19)17-9-3-5-11(15)12(16)7-9/h2-7,18H,1H3,(H,17,19). The summed E-state index contributed by atoms with van der Waals surface area (Å²) in [7, 11) is 0. The number of nitrogens with one attached hydrogen (secondary N) is 1. The molecule has 0 aliphatic rings. The molecule has 0 saturated carbocycles. The van der Waals surface area contributed by atoms with Crippen molar-refractivity contribution in [2.24, 2.45) is 0 Å². The number of phenols is 1. The molecule has 0 bridgehead atoms. The summed E-state index contributed by atoms with van der Waals surface area (Å²) >= 11 is 5.55. The fourth-order valence-electron chi connectivity index (χ4n) is 1.61. The van der Waals surface area contributed by atoms with Crippen LogP contribution in [0.4, 0.5) is 10.1 Å². The molecule has 0 spiro atoms. The van der Waals surface area contributed by atoms with Crippen LogP contribution in [0.25, 0.3) is 0 Å². The third kappa shape index (κ3) is 3.03. The van der Waals surface area contributed by atoms with Gasteiger partial charge in [-0.1, -0.05) is 17.7 Å². The van der Waals surface area contributed by atoms with E-state index in [4.69, 9.17) is 11.6 Å². The predicted octanol–water partition coefficient (Wildman–Crippen LogP) is 3.75. The zero-order valence-electron chi connectivity index (χ0n) is 10.1. The van der Waals surface area contributed by atoms with Crippen LogP contribution in [-0.2, 0) is 0 Å². The molecule has 0 aliphatic heterocycles. The van der Waals surface area contributed by atoms with E-state index in [-0.39, 0.29) is 22.0 Å². The van der Waals surface area contributed by atoms with Crippen molar-refractivity contribution in [3.8, 4) is 5.75 Å². The van der Waals surface area contributed by atoms with Gasteiger partial charge in [0.2, 0.25) is 0 Å². The van der Waals surface area contributed by atoms with Crippen molar-refractivity contribution >= 4 is 23.2 Å².